The standard InChI is InChI=1S/C14H19BrN2O/c15-12-7-11(8-16-13-3-4-13)14(17-9-12)18-6-5-10-1-2-10/h7,9-10,13,16H,1-6,8H2. The van der Waals surface area contributed by atoms with E-state index >= 15 is 0 Å². The van der Waals surface area contributed by atoms with Crippen LogP contribution in [0, 0.1) is 5.92 Å². The molecule has 0 aliphatic heterocycles. The van der Waals surface area contributed by atoms with Crippen LogP contribution in [0.4, 0.5) is 0 Å². The maximum Gasteiger partial charge on any atom is 0.217 e. The Morgan fingerprint density at radius 2 is 2.17 bits per heavy atom. The Kier molecular flexibility index (Phi) is 3.85. The van der Waals surface area contributed by atoms with Crippen molar-refractivity contribution in [2.24, 2.45) is 5.92 Å². The van der Waals surface area contributed by atoms with Crippen molar-refractivity contribution in [3.63, 3.8) is 0 Å². The minimum absolute atomic E-state index is 0.711. The third-order valence-corrected chi connectivity index (χ3v) is 3.95. The van der Waals surface area contributed by atoms with Crippen molar-refractivity contribution in [2.45, 2.75) is 44.7 Å². The lowest BCUT2D eigenvalue weighted by Crippen LogP contribution is -2.16. The molecule has 0 amide bonds. The van der Waals surface area contributed by atoms with E-state index in [2.05, 4.69) is 32.3 Å². The summed E-state index contributed by atoms with van der Waals surface area (Å²) >= 11 is 3.47. The SMILES string of the molecule is Brc1cnc(OCCC2CC2)c(CNC2CC2)c1. The minimum atomic E-state index is 0.711. The largest absolute Gasteiger partial charge is 0.477 e. The van der Waals surface area contributed by atoms with Gasteiger partial charge in [0.15, 0.2) is 0 Å². The lowest BCUT2D eigenvalue weighted by molar-refractivity contribution is 0.287. The van der Waals surface area contributed by atoms with Crippen molar-refractivity contribution in [2.75, 3.05) is 6.61 Å². The summed E-state index contributed by atoms with van der Waals surface area (Å²) in [5, 5.41) is 3.51. The van der Waals surface area contributed by atoms with Gasteiger partial charge in [-0.2, -0.15) is 0 Å². The average Bonchev–Trinajstić information content (AvgIpc) is 3.24. The first-order valence-electron chi connectivity index (χ1n) is 6.82. The fraction of sp³-hybridized carbons (Fsp3) is 0.643. The van der Waals surface area contributed by atoms with Gasteiger partial charge in [0.2, 0.25) is 5.88 Å². The van der Waals surface area contributed by atoms with Gasteiger partial charge >= 0.3 is 0 Å². The molecule has 0 bridgehead atoms. The topological polar surface area (TPSA) is 34.1 Å². The van der Waals surface area contributed by atoms with Gasteiger partial charge in [0.05, 0.1) is 6.61 Å². The first-order valence-corrected chi connectivity index (χ1v) is 7.61. The highest BCUT2D eigenvalue weighted by Crippen LogP contribution is 2.32. The molecule has 1 heterocycles. The summed E-state index contributed by atoms with van der Waals surface area (Å²) in [6.07, 6.45) is 8.36. The van der Waals surface area contributed by atoms with E-state index in [-0.39, 0.29) is 0 Å². The second-order valence-electron chi connectivity index (χ2n) is 5.35. The first-order chi connectivity index (χ1) is 8.81. The smallest absolute Gasteiger partial charge is 0.217 e. The van der Waals surface area contributed by atoms with Crippen molar-refractivity contribution in [1.29, 1.82) is 0 Å². The van der Waals surface area contributed by atoms with Crippen LogP contribution in [0.15, 0.2) is 16.7 Å². The molecule has 0 radical (unpaired) electrons. The molecule has 98 valence electrons. The fourth-order valence-electron chi connectivity index (χ4n) is 2.00. The van der Waals surface area contributed by atoms with E-state index in [0.717, 1.165) is 35.0 Å². The molecule has 1 N–H and O–H groups in total. The number of aromatic nitrogens is 1. The summed E-state index contributed by atoms with van der Waals surface area (Å²) < 4.78 is 6.84. The number of nitrogens with one attached hydrogen (secondary N) is 1. The summed E-state index contributed by atoms with van der Waals surface area (Å²) in [6.45, 7) is 1.66. The van der Waals surface area contributed by atoms with Crippen LogP contribution in [-0.2, 0) is 6.54 Å². The molecule has 1 aromatic rings. The molecule has 0 unspecified atom stereocenters. The van der Waals surface area contributed by atoms with E-state index in [1.807, 2.05) is 6.20 Å². The van der Waals surface area contributed by atoms with Crippen molar-refractivity contribution in [3.8, 4) is 5.88 Å². The van der Waals surface area contributed by atoms with Crippen molar-refractivity contribution in [1.82, 2.24) is 10.3 Å². The zero-order valence-electron chi connectivity index (χ0n) is 10.5. The van der Waals surface area contributed by atoms with Crippen LogP contribution in [0.3, 0.4) is 0 Å². The molecular formula is C14H19BrN2O. The monoisotopic (exact) mass is 310 g/mol. The third kappa shape index (κ3) is 3.69. The number of hydrogen-bond donors (Lipinski definition) is 1. The molecule has 18 heavy (non-hydrogen) atoms. The van der Waals surface area contributed by atoms with Gasteiger partial charge in [-0.25, -0.2) is 4.98 Å². The number of rotatable bonds is 7. The van der Waals surface area contributed by atoms with Crippen molar-refractivity contribution in [3.05, 3.63) is 22.3 Å². The second kappa shape index (κ2) is 5.57. The van der Waals surface area contributed by atoms with Gasteiger partial charge in [0.25, 0.3) is 0 Å². The van der Waals surface area contributed by atoms with Crippen molar-refractivity contribution < 1.29 is 4.74 Å². The van der Waals surface area contributed by atoms with E-state index in [1.165, 1.54) is 32.1 Å². The van der Waals surface area contributed by atoms with Crippen molar-refractivity contribution >= 4 is 15.9 Å². The van der Waals surface area contributed by atoms with Crippen LogP contribution in [0.5, 0.6) is 5.88 Å². The highest BCUT2D eigenvalue weighted by atomic mass is 79.9. The summed E-state index contributed by atoms with van der Waals surface area (Å²) in [5.41, 5.74) is 1.16. The van der Waals surface area contributed by atoms with Gasteiger partial charge in [-0.05, 0) is 47.2 Å². The molecule has 1 aromatic heterocycles. The molecule has 0 aromatic carbocycles. The zero-order chi connectivity index (χ0) is 12.4. The first kappa shape index (κ1) is 12.4. The zero-order valence-corrected chi connectivity index (χ0v) is 12.1. The lowest BCUT2D eigenvalue weighted by Gasteiger charge is -2.11. The quantitative estimate of drug-likeness (QED) is 0.839. The summed E-state index contributed by atoms with van der Waals surface area (Å²) in [5.74, 6) is 1.71. The van der Waals surface area contributed by atoms with E-state index in [1.54, 1.807) is 0 Å². The van der Waals surface area contributed by atoms with Gasteiger partial charge < -0.3 is 10.1 Å². The van der Waals surface area contributed by atoms with Crippen LogP contribution in [0.25, 0.3) is 0 Å². The molecule has 4 heteroatoms. The van der Waals surface area contributed by atoms with E-state index in [4.69, 9.17) is 4.74 Å². The summed E-state index contributed by atoms with van der Waals surface area (Å²) in [6, 6.07) is 2.82. The maximum atomic E-state index is 5.82. The Hall–Kier alpha value is -0.610. The Balaban J connectivity index is 1.57. The molecule has 2 fully saturated rings. The summed E-state index contributed by atoms with van der Waals surface area (Å²) in [4.78, 5) is 4.38. The Labute approximate surface area is 116 Å². The third-order valence-electron chi connectivity index (χ3n) is 3.51. The number of pyridine rings is 1. The molecule has 2 saturated carbocycles. The minimum Gasteiger partial charge on any atom is -0.477 e. The maximum absolute atomic E-state index is 5.82. The van der Waals surface area contributed by atoms with Gasteiger partial charge in [-0.15, -0.1) is 0 Å². The van der Waals surface area contributed by atoms with Crippen LogP contribution >= 0.6 is 15.9 Å². The second-order valence-corrected chi connectivity index (χ2v) is 6.27. The molecule has 3 nitrogen and oxygen atoms in total. The van der Waals surface area contributed by atoms with Crippen LogP contribution < -0.4 is 10.1 Å². The fourth-order valence-corrected chi connectivity index (χ4v) is 2.37. The molecule has 2 aliphatic rings. The van der Waals surface area contributed by atoms with E-state index < -0.39 is 0 Å². The van der Waals surface area contributed by atoms with Crippen LogP contribution in [0.1, 0.15) is 37.7 Å². The molecule has 0 atom stereocenters. The van der Waals surface area contributed by atoms with Crippen LogP contribution in [0.2, 0.25) is 0 Å². The van der Waals surface area contributed by atoms with E-state index in [0.29, 0.717) is 6.04 Å². The van der Waals surface area contributed by atoms with Crippen LogP contribution in [-0.4, -0.2) is 17.6 Å². The average molecular weight is 311 g/mol. The van der Waals surface area contributed by atoms with E-state index in [9.17, 15) is 0 Å². The van der Waals surface area contributed by atoms with Gasteiger partial charge in [0, 0.05) is 28.8 Å². The Morgan fingerprint density at radius 3 is 2.89 bits per heavy atom. The highest BCUT2D eigenvalue weighted by molar-refractivity contribution is 9.10. The number of hydrogen-bond acceptors (Lipinski definition) is 3. The number of nitrogens with zero attached hydrogens (tertiary/aromatic N) is 1. The number of ether oxygens (including phenoxy) is 1. The number of halogens is 1. The Morgan fingerprint density at radius 1 is 1.33 bits per heavy atom. The molecule has 2 aliphatic carbocycles. The predicted molar refractivity (Wildman–Crippen MR) is 74.6 cm³/mol. The van der Waals surface area contributed by atoms with Gasteiger partial charge in [0.1, 0.15) is 0 Å². The predicted octanol–water partition coefficient (Wildman–Crippen LogP) is 3.28. The molecule has 0 spiro atoms. The highest BCUT2D eigenvalue weighted by Gasteiger charge is 2.22. The molecule has 0 saturated heterocycles. The van der Waals surface area contributed by atoms with Gasteiger partial charge in [-0.1, -0.05) is 12.8 Å². The molecule has 3 rings (SSSR count). The molecular weight excluding hydrogens is 292 g/mol. The normalized spacial score (nSPS) is 18.9. The van der Waals surface area contributed by atoms with Gasteiger partial charge in [-0.3, -0.25) is 0 Å². The lowest BCUT2D eigenvalue weighted by atomic mass is 10.2. The Bertz CT molecular complexity index is 416. The summed E-state index contributed by atoms with van der Waals surface area (Å²) in [7, 11) is 0.